The fraction of sp³-hybridized carbons (Fsp3) is 0.222. The molecule has 10 heteroatoms. The highest BCUT2D eigenvalue weighted by Gasteiger charge is 2.31. The summed E-state index contributed by atoms with van der Waals surface area (Å²) in [6.07, 6.45) is -4.77. The lowest BCUT2D eigenvalue weighted by atomic mass is 10.0. The van der Waals surface area contributed by atoms with Crippen molar-refractivity contribution in [1.82, 2.24) is 15.1 Å². The molecule has 4 aromatic rings. The maximum Gasteiger partial charge on any atom is 0.573 e. The average molecular weight is 508 g/mol. The maximum atomic E-state index is 12.8. The summed E-state index contributed by atoms with van der Waals surface area (Å²) in [6, 6.07) is 22.6. The zero-order chi connectivity index (χ0) is 26.0. The Balaban J connectivity index is 1.29. The Hall–Kier alpha value is -4.34. The lowest BCUT2D eigenvalue weighted by Crippen LogP contribution is -2.55. The molecule has 1 saturated heterocycles. The Morgan fingerprint density at radius 3 is 2.27 bits per heavy atom. The van der Waals surface area contributed by atoms with E-state index in [-0.39, 0.29) is 17.8 Å². The van der Waals surface area contributed by atoms with Gasteiger partial charge in [-0.15, -0.1) is 23.4 Å². The average Bonchev–Trinajstić information content (AvgIpc) is 2.89. The topological polar surface area (TPSA) is 70.6 Å². The van der Waals surface area contributed by atoms with E-state index in [1.54, 1.807) is 4.90 Å². The summed E-state index contributed by atoms with van der Waals surface area (Å²) in [7, 11) is 0. The molecule has 0 bridgehead atoms. The lowest BCUT2D eigenvalue weighted by Gasteiger charge is -2.40. The van der Waals surface area contributed by atoms with Gasteiger partial charge in [0.1, 0.15) is 11.4 Å². The van der Waals surface area contributed by atoms with Crippen molar-refractivity contribution in [3.63, 3.8) is 0 Å². The minimum Gasteiger partial charge on any atom is -0.406 e. The highest BCUT2D eigenvalue weighted by molar-refractivity contribution is 6.00. The fourth-order valence-electron chi connectivity index (χ4n) is 4.51. The largest absolute Gasteiger partial charge is 0.573 e. The molecule has 0 aliphatic carbocycles. The van der Waals surface area contributed by atoms with Crippen LogP contribution in [0, 0.1) is 0 Å². The van der Waals surface area contributed by atoms with Crippen LogP contribution in [-0.4, -0.2) is 53.2 Å². The normalized spacial score (nSPS) is 16.1. The van der Waals surface area contributed by atoms with Gasteiger partial charge in [-0.05, 0) is 31.2 Å². The van der Waals surface area contributed by atoms with Crippen LogP contribution in [0.15, 0.2) is 78.9 Å². The van der Waals surface area contributed by atoms with Gasteiger partial charge < -0.3 is 19.9 Å². The second-order valence-corrected chi connectivity index (χ2v) is 8.77. The molecule has 0 spiro atoms. The molecule has 1 aromatic heterocycles. The zero-order valence-electron chi connectivity index (χ0n) is 19.9. The van der Waals surface area contributed by atoms with E-state index < -0.39 is 6.36 Å². The van der Waals surface area contributed by atoms with E-state index in [1.807, 2.05) is 61.5 Å². The first kappa shape index (κ1) is 24.4. The van der Waals surface area contributed by atoms with Crippen molar-refractivity contribution >= 4 is 28.3 Å². The maximum absolute atomic E-state index is 12.8. The van der Waals surface area contributed by atoms with Crippen LogP contribution in [-0.2, 0) is 0 Å². The smallest absolute Gasteiger partial charge is 0.406 e. The predicted molar refractivity (Wildman–Crippen MR) is 135 cm³/mol. The molecule has 0 radical (unpaired) electrons. The summed E-state index contributed by atoms with van der Waals surface area (Å²) in [6.45, 7) is 3.46. The molecule has 2 heterocycles. The number of hydrogen-bond acceptors (Lipinski definition) is 5. The number of urea groups is 1. The van der Waals surface area contributed by atoms with Crippen LogP contribution in [0.1, 0.15) is 6.92 Å². The van der Waals surface area contributed by atoms with Gasteiger partial charge in [-0.3, -0.25) is 0 Å². The van der Waals surface area contributed by atoms with Crippen LogP contribution >= 0.6 is 0 Å². The molecule has 190 valence electrons. The molecule has 1 fully saturated rings. The number of nitrogens with one attached hydrogen (secondary N) is 1. The molecule has 37 heavy (non-hydrogen) atoms. The first-order valence-corrected chi connectivity index (χ1v) is 11.8. The van der Waals surface area contributed by atoms with E-state index >= 15 is 0 Å². The van der Waals surface area contributed by atoms with Crippen LogP contribution in [0.3, 0.4) is 0 Å². The van der Waals surface area contributed by atoms with E-state index in [1.165, 1.54) is 12.1 Å². The predicted octanol–water partition coefficient (Wildman–Crippen LogP) is 5.94. The standard InChI is InChI=1S/C27H24F3N5O2/c1-18-17-34(26(36)31-20-11-13-21(14-12-20)37-27(28,29)30)15-16-35(18)25-23-10-6-5-9-22(23)24(32-33-25)19-7-3-2-4-8-19/h2-14,18H,15-17H2,1H3,(H,31,36)/t18-/m0/s1. The molecule has 3 aromatic carbocycles. The highest BCUT2D eigenvalue weighted by Crippen LogP contribution is 2.33. The molecule has 5 rings (SSSR count). The van der Waals surface area contributed by atoms with Gasteiger partial charge in [-0.2, -0.15) is 0 Å². The molecule has 7 nitrogen and oxygen atoms in total. The van der Waals surface area contributed by atoms with E-state index in [4.69, 9.17) is 0 Å². The highest BCUT2D eigenvalue weighted by atomic mass is 19.4. The monoisotopic (exact) mass is 507 g/mol. The van der Waals surface area contributed by atoms with Crippen molar-refractivity contribution in [2.45, 2.75) is 19.3 Å². The number of halogens is 3. The number of carbonyl (C=O) groups excluding carboxylic acids is 1. The van der Waals surface area contributed by atoms with Gasteiger partial charge >= 0.3 is 12.4 Å². The van der Waals surface area contributed by atoms with Crippen LogP contribution in [0.2, 0.25) is 0 Å². The summed E-state index contributed by atoms with van der Waals surface area (Å²) >= 11 is 0. The fourth-order valence-corrected chi connectivity index (χ4v) is 4.51. The summed E-state index contributed by atoms with van der Waals surface area (Å²) < 4.78 is 40.9. The molecule has 2 amide bonds. The van der Waals surface area contributed by atoms with E-state index in [0.29, 0.717) is 25.3 Å². The van der Waals surface area contributed by atoms with Gasteiger partial charge in [0, 0.05) is 47.7 Å². The van der Waals surface area contributed by atoms with Gasteiger partial charge in [-0.1, -0.05) is 54.6 Å². The van der Waals surface area contributed by atoms with Gasteiger partial charge in [-0.25, -0.2) is 4.79 Å². The van der Waals surface area contributed by atoms with Gasteiger partial charge in [0.25, 0.3) is 0 Å². The summed E-state index contributed by atoms with van der Waals surface area (Å²) in [4.78, 5) is 16.7. The number of ether oxygens (including phenoxy) is 1. The third kappa shape index (κ3) is 5.42. The van der Waals surface area contributed by atoms with Crippen LogP contribution in [0.5, 0.6) is 5.75 Å². The number of amides is 2. The van der Waals surface area contributed by atoms with Crippen molar-refractivity contribution in [1.29, 1.82) is 0 Å². The van der Waals surface area contributed by atoms with E-state index in [2.05, 4.69) is 25.2 Å². The Morgan fingerprint density at radius 2 is 1.59 bits per heavy atom. The number of anilines is 2. The third-order valence-corrected chi connectivity index (χ3v) is 6.24. The van der Waals surface area contributed by atoms with Crippen molar-refractivity contribution < 1.29 is 22.7 Å². The summed E-state index contributed by atoms with van der Waals surface area (Å²) in [5, 5.41) is 13.9. The number of alkyl halides is 3. The molecule has 0 unspecified atom stereocenters. The Kier molecular flexibility index (Phi) is 6.56. The lowest BCUT2D eigenvalue weighted by molar-refractivity contribution is -0.274. The Labute approximate surface area is 211 Å². The SMILES string of the molecule is C[C@H]1CN(C(=O)Nc2ccc(OC(F)(F)F)cc2)CCN1c1nnc(-c2ccccc2)c2ccccc12. The molecule has 1 aliphatic rings. The third-order valence-electron chi connectivity index (χ3n) is 6.24. The van der Waals surface area contributed by atoms with Crippen LogP contribution in [0.4, 0.5) is 29.5 Å². The summed E-state index contributed by atoms with van der Waals surface area (Å²) in [5.74, 6) is 0.419. The van der Waals surface area contributed by atoms with Crippen LogP contribution in [0.25, 0.3) is 22.0 Å². The van der Waals surface area contributed by atoms with Gasteiger partial charge in [0.15, 0.2) is 5.82 Å². The molecular formula is C27H24F3N5O2. The minimum atomic E-state index is -4.77. The number of rotatable bonds is 4. The van der Waals surface area contributed by atoms with Crippen molar-refractivity contribution in [3.8, 4) is 17.0 Å². The van der Waals surface area contributed by atoms with Crippen molar-refractivity contribution in [2.75, 3.05) is 29.9 Å². The van der Waals surface area contributed by atoms with Gasteiger partial charge in [0.2, 0.25) is 0 Å². The number of fused-ring (bicyclic) bond motifs is 1. The van der Waals surface area contributed by atoms with Crippen molar-refractivity contribution in [3.05, 3.63) is 78.9 Å². The molecule has 1 aliphatic heterocycles. The first-order valence-electron chi connectivity index (χ1n) is 11.8. The van der Waals surface area contributed by atoms with E-state index in [9.17, 15) is 18.0 Å². The molecule has 1 N–H and O–H groups in total. The summed E-state index contributed by atoms with van der Waals surface area (Å²) in [5.41, 5.74) is 2.19. The second-order valence-electron chi connectivity index (χ2n) is 8.77. The number of nitrogens with zero attached hydrogens (tertiary/aromatic N) is 4. The van der Waals surface area contributed by atoms with Crippen LogP contribution < -0.4 is 15.0 Å². The molecule has 1 atom stereocenters. The quantitative estimate of drug-likeness (QED) is 0.370. The number of carbonyl (C=O) groups is 1. The van der Waals surface area contributed by atoms with Crippen molar-refractivity contribution in [2.24, 2.45) is 0 Å². The number of piperazine rings is 1. The Morgan fingerprint density at radius 1 is 0.919 bits per heavy atom. The number of hydrogen-bond donors (Lipinski definition) is 1. The minimum absolute atomic E-state index is 0.0395. The van der Waals surface area contributed by atoms with Gasteiger partial charge in [0.05, 0.1) is 0 Å². The Bertz CT molecular complexity index is 1400. The molecule has 0 saturated carbocycles. The first-order chi connectivity index (χ1) is 17.8. The second kappa shape index (κ2) is 9.96. The number of aromatic nitrogens is 2. The zero-order valence-corrected chi connectivity index (χ0v) is 19.9. The van der Waals surface area contributed by atoms with E-state index in [0.717, 1.165) is 40.0 Å². The molecular weight excluding hydrogens is 483 g/mol. The number of benzene rings is 3.